The van der Waals surface area contributed by atoms with Crippen molar-refractivity contribution in [3.63, 3.8) is 0 Å². The minimum absolute atomic E-state index is 0.610. The van der Waals surface area contributed by atoms with Gasteiger partial charge in [0, 0.05) is 32.4 Å². The Bertz CT molecular complexity index is 137. The number of hydrogen-bond acceptors (Lipinski definition) is 4. The van der Waals surface area contributed by atoms with Crippen molar-refractivity contribution in [2.45, 2.75) is 18.9 Å². The number of rotatable bonds is 5. The van der Waals surface area contributed by atoms with Crippen LogP contribution in [-0.4, -0.2) is 43.8 Å². The topological polar surface area (TPSA) is 53.7 Å². The zero-order valence-corrected chi connectivity index (χ0v) is 7.50. The molecule has 0 aromatic heterocycles. The maximum absolute atomic E-state index is 5.50. The molecule has 0 radical (unpaired) electrons. The van der Waals surface area contributed by atoms with E-state index in [1.807, 2.05) is 0 Å². The van der Waals surface area contributed by atoms with E-state index in [1.54, 1.807) is 0 Å². The lowest BCUT2D eigenvalue weighted by Gasteiger charge is -2.22. The van der Waals surface area contributed by atoms with Gasteiger partial charge >= 0.3 is 0 Å². The summed E-state index contributed by atoms with van der Waals surface area (Å²) in [5.74, 6) is 0. The molecule has 1 atom stereocenters. The molecule has 4 nitrogen and oxygen atoms in total. The van der Waals surface area contributed by atoms with Crippen molar-refractivity contribution in [1.29, 1.82) is 0 Å². The van der Waals surface area contributed by atoms with E-state index in [9.17, 15) is 0 Å². The van der Waals surface area contributed by atoms with Gasteiger partial charge in [-0.3, -0.25) is 4.90 Å². The first kappa shape index (κ1) is 9.48. The second-order valence-corrected chi connectivity index (χ2v) is 3.14. The molecular formula is C8H18N4. The average molecular weight is 170 g/mol. The summed E-state index contributed by atoms with van der Waals surface area (Å²) in [6.45, 7) is 7.23. The Labute approximate surface area is 73.8 Å². The number of nitrogens with one attached hydrogen (secondary N) is 1. The predicted molar refractivity (Wildman–Crippen MR) is 51.2 cm³/mol. The third-order valence-corrected chi connectivity index (χ3v) is 2.35. The molecule has 12 heavy (non-hydrogen) atoms. The maximum atomic E-state index is 5.50. The van der Waals surface area contributed by atoms with E-state index in [4.69, 9.17) is 5.73 Å². The Morgan fingerprint density at radius 2 is 2.50 bits per heavy atom. The average Bonchev–Trinajstić information content (AvgIpc) is 2.50. The molecule has 70 valence electrons. The summed E-state index contributed by atoms with van der Waals surface area (Å²) in [5.41, 5.74) is 8.41. The highest BCUT2D eigenvalue weighted by Crippen LogP contribution is 2.15. The molecule has 0 aliphatic carbocycles. The van der Waals surface area contributed by atoms with Crippen LogP contribution in [0.4, 0.5) is 0 Å². The lowest BCUT2D eigenvalue weighted by molar-refractivity contribution is 0.255. The van der Waals surface area contributed by atoms with Crippen LogP contribution in [0.2, 0.25) is 0 Å². The van der Waals surface area contributed by atoms with Gasteiger partial charge in [0.1, 0.15) is 0 Å². The molecule has 0 aromatic carbocycles. The highest BCUT2D eigenvalue weighted by atomic mass is 15.3. The summed E-state index contributed by atoms with van der Waals surface area (Å²) in [6, 6.07) is 0.610. The van der Waals surface area contributed by atoms with Crippen molar-refractivity contribution in [2.75, 3.05) is 26.2 Å². The molecule has 1 aliphatic heterocycles. The highest BCUT2D eigenvalue weighted by molar-refractivity contribution is 5.22. The summed E-state index contributed by atoms with van der Waals surface area (Å²) < 4.78 is 0. The molecule has 0 unspecified atom stereocenters. The van der Waals surface area contributed by atoms with E-state index in [0.717, 1.165) is 19.6 Å². The molecule has 0 saturated carbocycles. The minimum atomic E-state index is 0.610. The fourth-order valence-corrected chi connectivity index (χ4v) is 1.76. The quantitative estimate of drug-likeness (QED) is 0.436. The molecule has 3 N–H and O–H groups in total. The van der Waals surface area contributed by atoms with E-state index in [0.29, 0.717) is 6.04 Å². The Hall–Kier alpha value is -0.610. The van der Waals surface area contributed by atoms with Crippen molar-refractivity contribution in [1.82, 2.24) is 10.3 Å². The smallest absolute Gasteiger partial charge is 0.0485 e. The normalized spacial score (nSPS) is 24.2. The Morgan fingerprint density at radius 1 is 1.67 bits per heavy atom. The van der Waals surface area contributed by atoms with Crippen molar-refractivity contribution in [2.24, 2.45) is 10.8 Å². The summed E-state index contributed by atoms with van der Waals surface area (Å²) in [4.78, 5) is 2.41. The van der Waals surface area contributed by atoms with Gasteiger partial charge in [0.2, 0.25) is 0 Å². The number of nitrogens with two attached hydrogens (primary N) is 1. The van der Waals surface area contributed by atoms with Gasteiger partial charge < -0.3 is 11.2 Å². The van der Waals surface area contributed by atoms with Crippen LogP contribution in [-0.2, 0) is 0 Å². The molecule has 1 aliphatic rings. The lowest BCUT2D eigenvalue weighted by atomic mass is 10.2. The number of nitrogens with zero attached hydrogens (tertiary/aromatic N) is 2. The van der Waals surface area contributed by atoms with Crippen molar-refractivity contribution >= 4 is 6.72 Å². The molecule has 0 aromatic rings. The second-order valence-electron chi connectivity index (χ2n) is 3.14. The van der Waals surface area contributed by atoms with Crippen LogP contribution in [0.3, 0.4) is 0 Å². The van der Waals surface area contributed by atoms with E-state index in [2.05, 4.69) is 22.1 Å². The van der Waals surface area contributed by atoms with Crippen LogP contribution in [0.1, 0.15) is 12.8 Å². The first-order valence-corrected chi connectivity index (χ1v) is 4.51. The van der Waals surface area contributed by atoms with Crippen molar-refractivity contribution in [3.05, 3.63) is 0 Å². The van der Waals surface area contributed by atoms with Crippen molar-refractivity contribution < 1.29 is 0 Å². The SMILES string of the molecule is C=NNC[C@H]1CCCN1CCN. The summed E-state index contributed by atoms with van der Waals surface area (Å²) in [6.07, 6.45) is 2.53. The van der Waals surface area contributed by atoms with Crippen molar-refractivity contribution in [3.8, 4) is 0 Å². The third-order valence-electron chi connectivity index (χ3n) is 2.35. The molecule has 0 bridgehead atoms. The van der Waals surface area contributed by atoms with Gasteiger partial charge in [0.15, 0.2) is 0 Å². The molecule has 1 fully saturated rings. The largest absolute Gasteiger partial charge is 0.329 e. The molecular weight excluding hydrogens is 152 g/mol. The van der Waals surface area contributed by atoms with Gasteiger partial charge in [0.05, 0.1) is 0 Å². The van der Waals surface area contributed by atoms with Crippen LogP contribution in [0.5, 0.6) is 0 Å². The Balaban J connectivity index is 2.25. The molecule has 4 heteroatoms. The minimum Gasteiger partial charge on any atom is -0.329 e. The fraction of sp³-hybridized carbons (Fsp3) is 0.875. The Kier molecular flexibility index (Phi) is 4.04. The van der Waals surface area contributed by atoms with Gasteiger partial charge in [-0.1, -0.05) is 0 Å². The third kappa shape index (κ3) is 2.46. The number of hydrogen-bond donors (Lipinski definition) is 2. The van der Waals surface area contributed by atoms with Crippen LogP contribution in [0, 0.1) is 0 Å². The summed E-state index contributed by atoms with van der Waals surface area (Å²) in [7, 11) is 0. The van der Waals surface area contributed by atoms with E-state index in [1.165, 1.54) is 19.4 Å². The maximum Gasteiger partial charge on any atom is 0.0485 e. The van der Waals surface area contributed by atoms with Crippen LogP contribution >= 0.6 is 0 Å². The zero-order valence-electron chi connectivity index (χ0n) is 7.50. The molecule has 1 saturated heterocycles. The fourth-order valence-electron chi connectivity index (χ4n) is 1.76. The van der Waals surface area contributed by atoms with Gasteiger partial charge in [0.25, 0.3) is 0 Å². The number of hydrazone groups is 1. The zero-order chi connectivity index (χ0) is 8.81. The van der Waals surface area contributed by atoms with Crippen LogP contribution in [0.25, 0.3) is 0 Å². The van der Waals surface area contributed by atoms with E-state index >= 15 is 0 Å². The van der Waals surface area contributed by atoms with E-state index < -0.39 is 0 Å². The predicted octanol–water partition coefficient (Wildman–Crippen LogP) is -0.385. The van der Waals surface area contributed by atoms with Gasteiger partial charge in [-0.05, 0) is 19.4 Å². The Morgan fingerprint density at radius 3 is 3.17 bits per heavy atom. The van der Waals surface area contributed by atoms with Gasteiger partial charge in [-0.2, -0.15) is 5.10 Å². The molecule has 0 amide bonds. The molecule has 1 rings (SSSR count). The summed E-state index contributed by atoms with van der Waals surface area (Å²) in [5, 5.41) is 3.64. The standard InChI is InChI=1S/C8H18N4/c1-10-11-7-8-3-2-5-12(8)6-4-9/h8,11H,1-7,9H2/t8-/m1/s1. The highest BCUT2D eigenvalue weighted by Gasteiger charge is 2.22. The van der Waals surface area contributed by atoms with E-state index in [-0.39, 0.29) is 0 Å². The van der Waals surface area contributed by atoms with Crippen LogP contribution < -0.4 is 11.2 Å². The van der Waals surface area contributed by atoms with Gasteiger partial charge in [-0.15, -0.1) is 0 Å². The molecule has 1 heterocycles. The second kappa shape index (κ2) is 5.11. The lowest BCUT2D eigenvalue weighted by Crippen LogP contribution is -2.39. The van der Waals surface area contributed by atoms with Gasteiger partial charge in [-0.25, -0.2) is 0 Å². The first-order valence-electron chi connectivity index (χ1n) is 4.51. The first-order chi connectivity index (χ1) is 5.88. The van der Waals surface area contributed by atoms with Crippen LogP contribution in [0.15, 0.2) is 5.10 Å². The molecule has 0 spiro atoms. The summed E-state index contributed by atoms with van der Waals surface area (Å²) >= 11 is 0. The number of likely N-dealkylation sites (tertiary alicyclic amines) is 1. The monoisotopic (exact) mass is 170 g/mol.